The molecule has 0 aliphatic rings. The van der Waals surface area contributed by atoms with Gasteiger partial charge in [-0.15, -0.1) is 0 Å². The molecule has 0 saturated heterocycles. The summed E-state index contributed by atoms with van der Waals surface area (Å²) < 4.78 is 5.63. The molecule has 0 bridgehead atoms. The van der Waals surface area contributed by atoms with Crippen molar-refractivity contribution in [3.8, 4) is 11.9 Å². The largest absolute Gasteiger partial charge is 0.473 e. The zero-order valence-corrected chi connectivity index (χ0v) is 14.3. The molecule has 0 spiro atoms. The minimum atomic E-state index is -0.206. The van der Waals surface area contributed by atoms with Gasteiger partial charge in [0.15, 0.2) is 0 Å². The Morgan fingerprint density at radius 1 is 1.12 bits per heavy atom. The first kappa shape index (κ1) is 17.2. The van der Waals surface area contributed by atoms with Crippen LogP contribution in [0.2, 0.25) is 0 Å². The molecule has 128 valence electrons. The molecular weight excluding hydrogens is 326 g/mol. The Morgan fingerprint density at radius 2 is 1.92 bits per heavy atom. The minimum absolute atomic E-state index is 0.206. The third kappa shape index (κ3) is 4.05. The number of nitrogens with zero attached hydrogens (tertiary/aromatic N) is 3. The fourth-order valence-corrected chi connectivity index (χ4v) is 2.42. The van der Waals surface area contributed by atoms with Gasteiger partial charge >= 0.3 is 0 Å². The Hall–Kier alpha value is -3.65. The van der Waals surface area contributed by atoms with E-state index in [1.54, 1.807) is 43.4 Å². The van der Waals surface area contributed by atoms with Crippen LogP contribution in [-0.4, -0.2) is 17.9 Å². The predicted octanol–water partition coefficient (Wildman–Crippen LogP) is 3.81. The normalized spacial score (nSPS) is 10.0. The summed E-state index contributed by atoms with van der Waals surface area (Å²) in [4.78, 5) is 18.3. The number of benzene rings is 2. The van der Waals surface area contributed by atoms with E-state index in [0.29, 0.717) is 29.3 Å². The fraction of sp³-hybridized carbons (Fsp3) is 0.0952. The van der Waals surface area contributed by atoms with E-state index in [1.165, 1.54) is 11.1 Å². The van der Waals surface area contributed by atoms with E-state index in [0.717, 1.165) is 5.56 Å². The van der Waals surface area contributed by atoms with Crippen LogP contribution in [-0.2, 0) is 6.61 Å². The fourth-order valence-electron chi connectivity index (χ4n) is 2.42. The quantitative estimate of drug-likeness (QED) is 0.706. The van der Waals surface area contributed by atoms with Crippen LogP contribution in [0, 0.1) is 11.3 Å². The average Bonchev–Trinajstić information content (AvgIpc) is 2.72. The molecule has 5 nitrogen and oxygen atoms in total. The average molecular weight is 343 g/mol. The number of anilines is 1. The van der Waals surface area contributed by atoms with Crippen molar-refractivity contribution in [2.24, 2.45) is 0 Å². The first-order valence-electron chi connectivity index (χ1n) is 8.08. The Morgan fingerprint density at radius 3 is 2.62 bits per heavy atom. The van der Waals surface area contributed by atoms with E-state index in [4.69, 9.17) is 10.00 Å². The highest BCUT2D eigenvalue weighted by Crippen LogP contribution is 2.18. The number of rotatable bonds is 5. The Kier molecular flexibility index (Phi) is 5.25. The molecule has 5 heteroatoms. The zero-order chi connectivity index (χ0) is 18.4. The molecular formula is C21H17N3O2. The van der Waals surface area contributed by atoms with Gasteiger partial charge in [-0.05, 0) is 29.8 Å². The molecule has 0 aliphatic carbocycles. The predicted molar refractivity (Wildman–Crippen MR) is 98.9 cm³/mol. The van der Waals surface area contributed by atoms with Gasteiger partial charge in [0.05, 0.1) is 17.2 Å². The molecule has 3 rings (SSSR count). The van der Waals surface area contributed by atoms with Gasteiger partial charge in [0.25, 0.3) is 5.91 Å². The second kappa shape index (κ2) is 7.95. The highest BCUT2D eigenvalue weighted by molar-refractivity contribution is 6.05. The number of ether oxygens (including phenoxy) is 1. The lowest BCUT2D eigenvalue weighted by molar-refractivity contribution is 0.0992. The summed E-state index contributed by atoms with van der Waals surface area (Å²) in [5.74, 6) is 0.252. The van der Waals surface area contributed by atoms with Crippen molar-refractivity contribution < 1.29 is 9.53 Å². The van der Waals surface area contributed by atoms with Crippen LogP contribution in [0.1, 0.15) is 21.5 Å². The van der Waals surface area contributed by atoms with Crippen molar-refractivity contribution in [3.63, 3.8) is 0 Å². The number of hydrogen-bond acceptors (Lipinski definition) is 4. The lowest BCUT2D eigenvalue weighted by Gasteiger charge is -2.17. The number of aromatic nitrogens is 1. The molecule has 0 atom stereocenters. The molecule has 26 heavy (non-hydrogen) atoms. The summed E-state index contributed by atoms with van der Waals surface area (Å²) in [6.07, 6.45) is 1.49. The number of amides is 1. The molecule has 1 aromatic heterocycles. The molecule has 0 fully saturated rings. The minimum Gasteiger partial charge on any atom is -0.473 e. The molecule has 0 N–H and O–H groups in total. The maximum Gasteiger partial charge on any atom is 0.259 e. The molecule has 0 radical (unpaired) electrons. The maximum absolute atomic E-state index is 12.6. The van der Waals surface area contributed by atoms with Crippen LogP contribution < -0.4 is 9.64 Å². The van der Waals surface area contributed by atoms with Crippen molar-refractivity contribution >= 4 is 11.6 Å². The van der Waals surface area contributed by atoms with E-state index in [2.05, 4.69) is 11.1 Å². The lowest BCUT2D eigenvalue weighted by Crippen LogP contribution is -2.26. The van der Waals surface area contributed by atoms with Gasteiger partial charge in [-0.1, -0.05) is 36.4 Å². The van der Waals surface area contributed by atoms with Gasteiger partial charge < -0.3 is 9.64 Å². The first-order chi connectivity index (χ1) is 12.7. The summed E-state index contributed by atoms with van der Waals surface area (Å²) in [5.41, 5.74) is 2.65. The van der Waals surface area contributed by atoms with E-state index in [9.17, 15) is 4.79 Å². The number of hydrogen-bond donors (Lipinski definition) is 0. The van der Waals surface area contributed by atoms with Gasteiger partial charge in [0.1, 0.15) is 6.61 Å². The number of nitriles is 1. The SMILES string of the molecule is CN(C(=O)c1ccc(OCc2ccccc2)nc1)c1cccc(C#N)c1. The van der Waals surface area contributed by atoms with Crippen molar-refractivity contribution in [1.82, 2.24) is 4.98 Å². The molecule has 0 unspecified atom stereocenters. The molecule has 0 saturated carbocycles. The summed E-state index contributed by atoms with van der Waals surface area (Å²) in [5, 5.41) is 8.99. The maximum atomic E-state index is 12.6. The topological polar surface area (TPSA) is 66.2 Å². The Bertz CT molecular complexity index is 931. The summed E-state index contributed by atoms with van der Waals surface area (Å²) in [6, 6.07) is 22.1. The number of carbonyl (C=O) groups is 1. The third-order valence-corrected chi connectivity index (χ3v) is 3.88. The second-order valence-electron chi connectivity index (χ2n) is 5.69. The van der Waals surface area contributed by atoms with E-state index in [1.807, 2.05) is 30.3 Å². The highest BCUT2D eigenvalue weighted by atomic mass is 16.5. The van der Waals surface area contributed by atoms with Crippen LogP contribution >= 0.6 is 0 Å². The van der Waals surface area contributed by atoms with Crippen LogP contribution in [0.3, 0.4) is 0 Å². The van der Waals surface area contributed by atoms with Gasteiger partial charge in [0.2, 0.25) is 5.88 Å². The van der Waals surface area contributed by atoms with Crippen molar-refractivity contribution in [3.05, 3.63) is 89.6 Å². The molecule has 0 aliphatic heterocycles. The van der Waals surface area contributed by atoms with Crippen LogP contribution in [0.25, 0.3) is 0 Å². The standard InChI is InChI=1S/C21H17N3O2/c1-24(19-9-5-8-17(12-19)13-22)21(25)18-10-11-20(23-14-18)26-15-16-6-3-2-4-7-16/h2-12,14H,15H2,1H3. The third-order valence-electron chi connectivity index (χ3n) is 3.88. The van der Waals surface area contributed by atoms with E-state index in [-0.39, 0.29) is 5.91 Å². The first-order valence-corrected chi connectivity index (χ1v) is 8.08. The molecule has 1 heterocycles. The number of pyridine rings is 1. The molecule has 3 aromatic rings. The smallest absolute Gasteiger partial charge is 0.259 e. The van der Waals surface area contributed by atoms with E-state index < -0.39 is 0 Å². The van der Waals surface area contributed by atoms with Crippen molar-refractivity contribution in [2.45, 2.75) is 6.61 Å². The zero-order valence-electron chi connectivity index (χ0n) is 14.3. The van der Waals surface area contributed by atoms with Crippen LogP contribution in [0.15, 0.2) is 72.9 Å². The van der Waals surface area contributed by atoms with Crippen LogP contribution in [0.4, 0.5) is 5.69 Å². The van der Waals surface area contributed by atoms with Crippen LogP contribution in [0.5, 0.6) is 5.88 Å². The van der Waals surface area contributed by atoms with Crippen molar-refractivity contribution in [1.29, 1.82) is 5.26 Å². The van der Waals surface area contributed by atoms with Crippen molar-refractivity contribution in [2.75, 3.05) is 11.9 Å². The molecule has 2 aromatic carbocycles. The summed E-state index contributed by atoms with van der Waals surface area (Å²) in [6.45, 7) is 0.419. The van der Waals surface area contributed by atoms with Gasteiger partial charge in [-0.25, -0.2) is 4.98 Å². The summed E-state index contributed by atoms with van der Waals surface area (Å²) >= 11 is 0. The highest BCUT2D eigenvalue weighted by Gasteiger charge is 2.14. The van der Waals surface area contributed by atoms with Gasteiger partial charge in [-0.2, -0.15) is 5.26 Å². The van der Waals surface area contributed by atoms with Gasteiger partial charge in [0, 0.05) is 25.0 Å². The number of carbonyl (C=O) groups excluding carboxylic acids is 1. The summed E-state index contributed by atoms with van der Waals surface area (Å²) in [7, 11) is 1.67. The second-order valence-corrected chi connectivity index (χ2v) is 5.69. The Balaban J connectivity index is 1.67. The molecule has 1 amide bonds. The van der Waals surface area contributed by atoms with E-state index >= 15 is 0 Å². The van der Waals surface area contributed by atoms with Gasteiger partial charge in [-0.3, -0.25) is 4.79 Å². The monoisotopic (exact) mass is 343 g/mol. The Labute approximate surface area is 152 Å². The lowest BCUT2D eigenvalue weighted by atomic mass is 10.2.